The molecule has 0 radical (unpaired) electrons. The van der Waals surface area contributed by atoms with E-state index in [1.165, 1.54) is 17.0 Å². The van der Waals surface area contributed by atoms with E-state index >= 15 is 0 Å². The standard InChI is InChI=1S/C19H20F3NO2/c1-13-5-4-6-14(2)18(13)25-12-17(24)23(3)11-15-7-9-16(10-8-15)19(20,21)22/h4-10H,11-12H2,1-3H3. The lowest BCUT2D eigenvalue weighted by Gasteiger charge is -2.19. The van der Waals surface area contributed by atoms with Gasteiger partial charge in [0.1, 0.15) is 5.75 Å². The summed E-state index contributed by atoms with van der Waals surface area (Å²) in [5, 5.41) is 0. The minimum absolute atomic E-state index is 0.122. The third kappa shape index (κ3) is 4.98. The predicted octanol–water partition coefficient (Wildman–Crippen LogP) is 4.36. The Bertz CT molecular complexity index is 719. The van der Waals surface area contributed by atoms with Crippen molar-refractivity contribution in [3.63, 3.8) is 0 Å². The third-order valence-corrected chi connectivity index (χ3v) is 3.88. The topological polar surface area (TPSA) is 29.5 Å². The Kier molecular flexibility index (Phi) is 5.72. The Hall–Kier alpha value is -2.50. The predicted molar refractivity (Wildman–Crippen MR) is 89.3 cm³/mol. The number of nitrogens with zero attached hydrogens (tertiary/aromatic N) is 1. The van der Waals surface area contributed by atoms with Gasteiger partial charge in [-0.05, 0) is 42.7 Å². The summed E-state index contributed by atoms with van der Waals surface area (Å²) in [6, 6.07) is 10.5. The lowest BCUT2D eigenvalue weighted by atomic mass is 10.1. The molecule has 2 aromatic rings. The number of rotatable bonds is 5. The van der Waals surface area contributed by atoms with E-state index in [4.69, 9.17) is 4.74 Å². The maximum atomic E-state index is 12.6. The van der Waals surface area contributed by atoms with Crippen LogP contribution in [0.4, 0.5) is 13.2 Å². The van der Waals surface area contributed by atoms with Gasteiger partial charge in [-0.25, -0.2) is 0 Å². The summed E-state index contributed by atoms with van der Waals surface area (Å²) in [4.78, 5) is 13.6. The van der Waals surface area contributed by atoms with Gasteiger partial charge in [0.15, 0.2) is 6.61 Å². The maximum Gasteiger partial charge on any atom is 0.416 e. The molecule has 0 bridgehead atoms. The summed E-state index contributed by atoms with van der Waals surface area (Å²) in [7, 11) is 1.59. The van der Waals surface area contributed by atoms with Crippen LogP contribution in [-0.4, -0.2) is 24.5 Å². The lowest BCUT2D eigenvalue weighted by Crippen LogP contribution is -2.31. The molecule has 0 saturated heterocycles. The number of carbonyl (C=O) groups excluding carboxylic acids is 1. The molecular formula is C19H20F3NO2. The number of halogens is 3. The number of aryl methyl sites for hydroxylation is 2. The Labute approximate surface area is 145 Å². The number of hydrogen-bond acceptors (Lipinski definition) is 2. The molecular weight excluding hydrogens is 331 g/mol. The summed E-state index contributed by atoms with van der Waals surface area (Å²) in [6.07, 6.45) is -4.36. The molecule has 0 unspecified atom stereocenters. The Morgan fingerprint density at radius 2 is 1.60 bits per heavy atom. The molecule has 25 heavy (non-hydrogen) atoms. The van der Waals surface area contributed by atoms with E-state index in [1.807, 2.05) is 32.0 Å². The minimum Gasteiger partial charge on any atom is -0.483 e. The highest BCUT2D eigenvalue weighted by atomic mass is 19.4. The van der Waals surface area contributed by atoms with Crippen molar-refractivity contribution in [1.29, 1.82) is 0 Å². The maximum absolute atomic E-state index is 12.6. The Balaban J connectivity index is 1.94. The van der Waals surface area contributed by atoms with Crippen LogP contribution < -0.4 is 4.74 Å². The fourth-order valence-electron chi connectivity index (χ4n) is 2.43. The van der Waals surface area contributed by atoms with E-state index in [2.05, 4.69) is 0 Å². The number of para-hydroxylation sites is 1. The minimum atomic E-state index is -4.36. The van der Waals surface area contributed by atoms with E-state index in [0.717, 1.165) is 23.3 Å². The quantitative estimate of drug-likeness (QED) is 0.801. The van der Waals surface area contributed by atoms with E-state index in [9.17, 15) is 18.0 Å². The van der Waals surface area contributed by atoms with Crippen LogP contribution in [0.2, 0.25) is 0 Å². The normalized spacial score (nSPS) is 11.3. The Morgan fingerprint density at radius 3 is 2.12 bits per heavy atom. The molecule has 2 rings (SSSR count). The highest BCUT2D eigenvalue weighted by Crippen LogP contribution is 2.29. The number of hydrogen-bond donors (Lipinski definition) is 0. The number of carbonyl (C=O) groups is 1. The van der Waals surface area contributed by atoms with E-state index in [-0.39, 0.29) is 19.1 Å². The third-order valence-electron chi connectivity index (χ3n) is 3.88. The lowest BCUT2D eigenvalue weighted by molar-refractivity contribution is -0.137. The molecule has 0 aliphatic carbocycles. The van der Waals surface area contributed by atoms with Crippen LogP contribution in [-0.2, 0) is 17.5 Å². The van der Waals surface area contributed by atoms with Gasteiger partial charge in [-0.15, -0.1) is 0 Å². The van der Waals surface area contributed by atoms with Crippen LogP contribution in [0.1, 0.15) is 22.3 Å². The van der Waals surface area contributed by atoms with Gasteiger partial charge < -0.3 is 9.64 Å². The number of amides is 1. The fraction of sp³-hybridized carbons (Fsp3) is 0.316. The second-order valence-electron chi connectivity index (χ2n) is 5.95. The van der Waals surface area contributed by atoms with E-state index in [1.54, 1.807) is 7.05 Å². The average Bonchev–Trinajstić information content (AvgIpc) is 2.53. The molecule has 0 aliphatic rings. The monoisotopic (exact) mass is 351 g/mol. The molecule has 0 N–H and O–H groups in total. The van der Waals surface area contributed by atoms with Crippen molar-refractivity contribution < 1.29 is 22.7 Å². The Morgan fingerprint density at radius 1 is 1.04 bits per heavy atom. The van der Waals surface area contributed by atoms with Gasteiger partial charge >= 0.3 is 6.18 Å². The summed E-state index contributed by atoms with van der Waals surface area (Å²) in [6.45, 7) is 3.90. The van der Waals surface area contributed by atoms with Gasteiger partial charge in [-0.2, -0.15) is 13.2 Å². The smallest absolute Gasteiger partial charge is 0.416 e. The van der Waals surface area contributed by atoms with Gasteiger partial charge in [-0.1, -0.05) is 30.3 Å². The summed E-state index contributed by atoms with van der Waals surface area (Å²) >= 11 is 0. The summed E-state index contributed by atoms with van der Waals surface area (Å²) in [5.41, 5.74) is 1.80. The molecule has 0 atom stereocenters. The summed E-state index contributed by atoms with van der Waals surface area (Å²) < 4.78 is 43.3. The molecule has 0 aliphatic heterocycles. The van der Waals surface area contributed by atoms with Crippen LogP contribution in [0.5, 0.6) is 5.75 Å². The van der Waals surface area contributed by atoms with Gasteiger partial charge in [-0.3, -0.25) is 4.79 Å². The van der Waals surface area contributed by atoms with Gasteiger partial charge in [0, 0.05) is 13.6 Å². The van der Waals surface area contributed by atoms with Crippen LogP contribution in [0.3, 0.4) is 0 Å². The molecule has 1 amide bonds. The van der Waals surface area contributed by atoms with Crippen molar-refractivity contribution in [2.45, 2.75) is 26.6 Å². The number of benzene rings is 2. The molecule has 6 heteroatoms. The van der Waals surface area contributed by atoms with Crippen molar-refractivity contribution >= 4 is 5.91 Å². The van der Waals surface area contributed by atoms with Crippen molar-refractivity contribution in [3.05, 3.63) is 64.7 Å². The fourth-order valence-corrected chi connectivity index (χ4v) is 2.43. The zero-order valence-electron chi connectivity index (χ0n) is 14.4. The van der Waals surface area contributed by atoms with Gasteiger partial charge in [0.25, 0.3) is 5.91 Å². The van der Waals surface area contributed by atoms with Crippen LogP contribution in [0.25, 0.3) is 0 Å². The number of alkyl halides is 3. The van der Waals surface area contributed by atoms with E-state index in [0.29, 0.717) is 11.3 Å². The summed E-state index contributed by atoms with van der Waals surface area (Å²) in [5.74, 6) is 0.432. The zero-order valence-corrected chi connectivity index (χ0v) is 14.4. The average molecular weight is 351 g/mol. The van der Waals surface area contributed by atoms with Crippen molar-refractivity contribution in [2.75, 3.05) is 13.7 Å². The van der Waals surface area contributed by atoms with Crippen LogP contribution in [0.15, 0.2) is 42.5 Å². The van der Waals surface area contributed by atoms with Crippen LogP contribution >= 0.6 is 0 Å². The van der Waals surface area contributed by atoms with Crippen molar-refractivity contribution in [1.82, 2.24) is 4.90 Å². The molecule has 3 nitrogen and oxygen atoms in total. The molecule has 0 saturated carbocycles. The number of likely N-dealkylation sites (N-methyl/N-ethyl adjacent to an activating group) is 1. The highest BCUT2D eigenvalue weighted by Gasteiger charge is 2.30. The first kappa shape index (κ1) is 18.8. The SMILES string of the molecule is Cc1cccc(C)c1OCC(=O)N(C)Cc1ccc(C(F)(F)F)cc1. The zero-order chi connectivity index (χ0) is 18.6. The molecule has 0 aromatic heterocycles. The van der Waals surface area contributed by atoms with E-state index < -0.39 is 11.7 Å². The van der Waals surface area contributed by atoms with Crippen molar-refractivity contribution in [3.8, 4) is 5.75 Å². The number of ether oxygens (including phenoxy) is 1. The molecule has 2 aromatic carbocycles. The first-order valence-electron chi connectivity index (χ1n) is 7.77. The first-order chi connectivity index (χ1) is 11.7. The largest absolute Gasteiger partial charge is 0.483 e. The van der Waals surface area contributed by atoms with Gasteiger partial charge in [0.2, 0.25) is 0 Å². The molecule has 0 spiro atoms. The molecule has 0 heterocycles. The van der Waals surface area contributed by atoms with Gasteiger partial charge in [0.05, 0.1) is 5.56 Å². The second-order valence-corrected chi connectivity index (χ2v) is 5.95. The highest BCUT2D eigenvalue weighted by molar-refractivity contribution is 5.77. The van der Waals surface area contributed by atoms with Crippen LogP contribution in [0, 0.1) is 13.8 Å². The van der Waals surface area contributed by atoms with Crippen molar-refractivity contribution in [2.24, 2.45) is 0 Å². The molecule has 0 fully saturated rings. The molecule has 134 valence electrons. The first-order valence-corrected chi connectivity index (χ1v) is 7.77. The second kappa shape index (κ2) is 7.59.